The van der Waals surface area contributed by atoms with Crippen molar-refractivity contribution in [2.75, 3.05) is 12.4 Å². The first kappa shape index (κ1) is 16.8. The predicted molar refractivity (Wildman–Crippen MR) is 103 cm³/mol. The minimum absolute atomic E-state index is 0.0490. The average Bonchev–Trinajstić information content (AvgIpc) is 2.70. The van der Waals surface area contributed by atoms with E-state index in [2.05, 4.69) is 15.3 Å². The van der Waals surface area contributed by atoms with Crippen LogP contribution in [0.4, 0.5) is 15.9 Å². The van der Waals surface area contributed by atoms with Gasteiger partial charge in [-0.05, 0) is 36.4 Å². The lowest BCUT2D eigenvalue weighted by atomic mass is 10.1. The van der Waals surface area contributed by atoms with E-state index >= 15 is 0 Å². The van der Waals surface area contributed by atoms with Gasteiger partial charge < -0.3 is 15.2 Å². The second-order valence-electron chi connectivity index (χ2n) is 5.87. The molecule has 0 radical (unpaired) electrons. The van der Waals surface area contributed by atoms with E-state index in [0.717, 1.165) is 5.39 Å². The van der Waals surface area contributed by atoms with Crippen LogP contribution >= 0.6 is 0 Å². The van der Waals surface area contributed by atoms with Crippen molar-refractivity contribution in [2.24, 2.45) is 0 Å². The van der Waals surface area contributed by atoms with Gasteiger partial charge in [0.05, 0.1) is 23.9 Å². The number of fused-ring (bicyclic) bond motifs is 1. The van der Waals surface area contributed by atoms with Crippen molar-refractivity contribution >= 4 is 22.4 Å². The van der Waals surface area contributed by atoms with E-state index in [4.69, 9.17) is 4.74 Å². The minimum Gasteiger partial charge on any atom is -0.504 e. The SMILES string of the molecule is COc1cccc(-c2nc(Nc3ccccc3F)c3ccccc3n2)c1O. The molecule has 0 fully saturated rings. The Morgan fingerprint density at radius 2 is 1.70 bits per heavy atom. The number of methoxy groups -OCH3 is 1. The molecule has 0 spiro atoms. The quantitative estimate of drug-likeness (QED) is 0.541. The van der Waals surface area contributed by atoms with Crippen LogP contribution in [-0.4, -0.2) is 22.2 Å². The summed E-state index contributed by atoms with van der Waals surface area (Å²) in [5.74, 6) is 0.651. The van der Waals surface area contributed by atoms with Gasteiger partial charge in [-0.3, -0.25) is 0 Å². The second-order valence-corrected chi connectivity index (χ2v) is 5.87. The van der Waals surface area contributed by atoms with Gasteiger partial charge in [-0.15, -0.1) is 0 Å². The first-order valence-corrected chi connectivity index (χ1v) is 8.32. The Hall–Kier alpha value is -3.67. The monoisotopic (exact) mass is 361 g/mol. The number of phenols is 1. The summed E-state index contributed by atoms with van der Waals surface area (Å²) in [7, 11) is 1.48. The maximum absolute atomic E-state index is 14.1. The molecule has 0 aliphatic heterocycles. The molecule has 2 N–H and O–H groups in total. The first-order valence-electron chi connectivity index (χ1n) is 8.32. The molecular formula is C21H16FN3O2. The largest absolute Gasteiger partial charge is 0.504 e. The topological polar surface area (TPSA) is 67.3 Å². The minimum atomic E-state index is -0.383. The normalized spacial score (nSPS) is 10.7. The fraction of sp³-hybridized carbons (Fsp3) is 0.0476. The predicted octanol–water partition coefficient (Wildman–Crippen LogP) is 4.89. The van der Waals surface area contributed by atoms with Crippen molar-refractivity contribution in [1.29, 1.82) is 0 Å². The molecule has 4 aromatic rings. The molecule has 27 heavy (non-hydrogen) atoms. The standard InChI is InChI=1S/C21H16FN3O2/c1-27-18-12-6-8-14(19(18)26)21-23-16-10-4-2-7-13(16)20(25-21)24-17-11-5-3-9-15(17)22/h2-12,26H,1H3,(H,23,24,25). The van der Waals surface area contributed by atoms with Gasteiger partial charge in [0, 0.05) is 5.39 Å². The van der Waals surface area contributed by atoms with Crippen molar-refractivity contribution in [3.8, 4) is 22.9 Å². The fourth-order valence-corrected chi connectivity index (χ4v) is 2.85. The van der Waals surface area contributed by atoms with Crippen molar-refractivity contribution in [3.63, 3.8) is 0 Å². The molecular weight excluding hydrogens is 345 g/mol. The summed E-state index contributed by atoms with van der Waals surface area (Å²) in [5, 5.41) is 14.2. The van der Waals surface area contributed by atoms with Gasteiger partial charge in [-0.2, -0.15) is 0 Å². The molecule has 3 aromatic carbocycles. The zero-order valence-electron chi connectivity index (χ0n) is 14.5. The summed E-state index contributed by atoms with van der Waals surface area (Å²) < 4.78 is 19.3. The van der Waals surface area contributed by atoms with Gasteiger partial charge >= 0.3 is 0 Å². The van der Waals surface area contributed by atoms with Gasteiger partial charge in [0.2, 0.25) is 0 Å². The van der Waals surface area contributed by atoms with E-state index < -0.39 is 0 Å². The van der Waals surface area contributed by atoms with E-state index in [1.54, 1.807) is 36.4 Å². The van der Waals surface area contributed by atoms with Crippen LogP contribution in [-0.2, 0) is 0 Å². The molecule has 0 amide bonds. The number of aromatic hydroxyl groups is 1. The van der Waals surface area contributed by atoms with E-state index in [9.17, 15) is 9.50 Å². The maximum Gasteiger partial charge on any atom is 0.168 e. The average molecular weight is 361 g/mol. The summed E-state index contributed by atoms with van der Waals surface area (Å²) in [6.07, 6.45) is 0. The molecule has 0 bridgehead atoms. The molecule has 134 valence electrons. The number of hydrogen-bond donors (Lipinski definition) is 2. The summed E-state index contributed by atoms with van der Waals surface area (Å²) >= 11 is 0. The summed E-state index contributed by atoms with van der Waals surface area (Å²) in [4.78, 5) is 9.09. The number of ether oxygens (including phenoxy) is 1. The lowest BCUT2D eigenvalue weighted by Crippen LogP contribution is -2.01. The van der Waals surface area contributed by atoms with Crippen molar-refractivity contribution in [2.45, 2.75) is 0 Å². The highest BCUT2D eigenvalue weighted by atomic mass is 19.1. The van der Waals surface area contributed by atoms with Crippen LogP contribution in [0.3, 0.4) is 0 Å². The van der Waals surface area contributed by atoms with Crippen LogP contribution in [0.2, 0.25) is 0 Å². The lowest BCUT2D eigenvalue weighted by Gasteiger charge is -2.13. The van der Waals surface area contributed by atoms with Crippen LogP contribution in [0.1, 0.15) is 0 Å². The molecule has 0 saturated heterocycles. The number of phenolic OH excluding ortho intramolecular Hbond substituents is 1. The van der Waals surface area contributed by atoms with E-state index in [-0.39, 0.29) is 11.6 Å². The lowest BCUT2D eigenvalue weighted by molar-refractivity contribution is 0.374. The highest BCUT2D eigenvalue weighted by Crippen LogP contribution is 2.37. The third kappa shape index (κ3) is 3.13. The van der Waals surface area contributed by atoms with Gasteiger partial charge in [-0.1, -0.05) is 30.3 Å². The Kier molecular flexibility index (Phi) is 4.30. The number of halogens is 1. The Bertz CT molecular complexity index is 1130. The van der Waals surface area contributed by atoms with Gasteiger partial charge in [0.15, 0.2) is 17.3 Å². The molecule has 0 aliphatic carbocycles. The Labute approximate surface area is 155 Å². The van der Waals surface area contributed by atoms with Crippen molar-refractivity contribution in [3.05, 3.63) is 72.5 Å². The number of anilines is 2. The molecule has 1 heterocycles. The zero-order chi connectivity index (χ0) is 18.8. The van der Waals surface area contributed by atoms with Gasteiger partial charge in [-0.25, -0.2) is 14.4 Å². The first-order chi connectivity index (χ1) is 13.2. The number of aromatic nitrogens is 2. The molecule has 0 saturated carbocycles. The second kappa shape index (κ2) is 6.92. The Morgan fingerprint density at radius 1 is 0.926 bits per heavy atom. The van der Waals surface area contributed by atoms with Crippen molar-refractivity contribution in [1.82, 2.24) is 9.97 Å². The van der Waals surface area contributed by atoms with Crippen molar-refractivity contribution < 1.29 is 14.2 Å². The smallest absolute Gasteiger partial charge is 0.168 e. The molecule has 5 nitrogen and oxygen atoms in total. The maximum atomic E-state index is 14.1. The molecule has 0 aliphatic rings. The van der Waals surface area contributed by atoms with E-state index in [1.165, 1.54) is 13.2 Å². The van der Waals surface area contributed by atoms with Crippen LogP contribution in [0.15, 0.2) is 66.7 Å². The number of nitrogens with zero attached hydrogens (tertiary/aromatic N) is 2. The van der Waals surface area contributed by atoms with Crippen LogP contribution < -0.4 is 10.1 Å². The van der Waals surface area contributed by atoms with E-state index in [1.807, 2.05) is 24.3 Å². The number of hydrogen-bond acceptors (Lipinski definition) is 5. The molecule has 4 rings (SSSR count). The summed E-state index contributed by atoms with van der Waals surface area (Å²) in [6.45, 7) is 0. The van der Waals surface area contributed by atoms with Crippen LogP contribution in [0.25, 0.3) is 22.3 Å². The van der Waals surface area contributed by atoms with Gasteiger partial charge in [0.1, 0.15) is 11.6 Å². The third-order valence-electron chi connectivity index (χ3n) is 4.19. The zero-order valence-corrected chi connectivity index (χ0v) is 14.5. The highest BCUT2D eigenvalue weighted by molar-refractivity contribution is 5.92. The molecule has 0 atom stereocenters. The number of para-hydroxylation sites is 3. The molecule has 0 unspecified atom stereocenters. The molecule has 6 heteroatoms. The highest BCUT2D eigenvalue weighted by Gasteiger charge is 2.15. The summed E-state index contributed by atoms with van der Waals surface area (Å²) in [5.41, 5.74) is 1.41. The fourth-order valence-electron chi connectivity index (χ4n) is 2.85. The number of rotatable bonds is 4. The number of benzene rings is 3. The van der Waals surface area contributed by atoms with E-state index in [0.29, 0.717) is 34.2 Å². The van der Waals surface area contributed by atoms with Crippen LogP contribution in [0.5, 0.6) is 11.5 Å². The number of nitrogens with one attached hydrogen (secondary N) is 1. The van der Waals surface area contributed by atoms with Crippen LogP contribution in [0, 0.1) is 5.82 Å². The Morgan fingerprint density at radius 3 is 2.52 bits per heavy atom. The Balaban J connectivity index is 1.90. The molecule has 1 aromatic heterocycles. The summed E-state index contributed by atoms with van der Waals surface area (Å²) in [6, 6.07) is 18.9. The van der Waals surface area contributed by atoms with Gasteiger partial charge in [0.25, 0.3) is 0 Å². The third-order valence-corrected chi connectivity index (χ3v) is 4.19.